The van der Waals surface area contributed by atoms with Gasteiger partial charge in [-0.05, 0) is 36.5 Å². The fraction of sp³-hybridized carbons (Fsp3) is 0.667. The van der Waals surface area contributed by atoms with E-state index >= 15 is 0 Å². The number of hydrogen-bond donors (Lipinski definition) is 1. The van der Waals surface area contributed by atoms with Crippen molar-refractivity contribution >= 4 is 11.8 Å². The predicted molar refractivity (Wildman–Crippen MR) is 69.3 cm³/mol. The molecule has 0 aromatic carbocycles. The highest BCUT2D eigenvalue weighted by molar-refractivity contribution is 7.98. The number of nitrogens with zero attached hydrogens (tertiary/aromatic N) is 1. The standard InChI is InChI=1S/C12H22N2S/c1-3-5-12(13)11-6-8-14(10-11)7-4-9-15-2/h6,8,10,12H,3-5,7,9,13H2,1-2H3. The fourth-order valence-electron chi connectivity index (χ4n) is 1.69. The van der Waals surface area contributed by atoms with Crippen LogP contribution in [-0.4, -0.2) is 16.6 Å². The van der Waals surface area contributed by atoms with Gasteiger partial charge in [-0.1, -0.05) is 13.3 Å². The van der Waals surface area contributed by atoms with Crippen LogP contribution < -0.4 is 5.73 Å². The highest BCUT2D eigenvalue weighted by Gasteiger charge is 2.05. The Labute approximate surface area is 97.2 Å². The van der Waals surface area contributed by atoms with Crippen molar-refractivity contribution in [1.29, 1.82) is 0 Å². The SMILES string of the molecule is CCCC(N)c1ccn(CCCSC)c1. The third-order valence-electron chi connectivity index (χ3n) is 2.57. The first-order chi connectivity index (χ1) is 7.27. The topological polar surface area (TPSA) is 30.9 Å². The molecular formula is C12H22N2S. The van der Waals surface area contributed by atoms with Gasteiger partial charge in [0.15, 0.2) is 0 Å². The molecule has 86 valence electrons. The van der Waals surface area contributed by atoms with E-state index in [1.165, 1.54) is 17.7 Å². The minimum absolute atomic E-state index is 0.219. The molecule has 2 N–H and O–H groups in total. The molecule has 1 heterocycles. The van der Waals surface area contributed by atoms with Gasteiger partial charge in [0.2, 0.25) is 0 Å². The van der Waals surface area contributed by atoms with Gasteiger partial charge in [0.25, 0.3) is 0 Å². The first kappa shape index (κ1) is 12.7. The van der Waals surface area contributed by atoms with Crippen LogP contribution in [0.4, 0.5) is 0 Å². The lowest BCUT2D eigenvalue weighted by Gasteiger charge is -2.07. The molecule has 1 unspecified atom stereocenters. The summed E-state index contributed by atoms with van der Waals surface area (Å²) in [5.74, 6) is 1.23. The summed E-state index contributed by atoms with van der Waals surface area (Å²) in [5.41, 5.74) is 7.33. The zero-order valence-corrected chi connectivity index (χ0v) is 10.6. The Hall–Kier alpha value is -0.410. The lowest BCUT2D eigenvalue weighted by atomic mass is 10.1. The zero-order chi connectivity index (χ0) is 11.1. The quantitative estimate of drug-likeness (QED) is 0.724. The molecule has 0 spiro atoms. The summed E-state index contributed by atoms with van der Waals surface area (Å²) in [6.45, 7) is 3.29. The fourth-order valence-corrected chi connectivity index (χ4v) is 2.10. The van der Waals surface area contributed by atoms with Gasteiger partial charge in [-0.2, -0.15) is 11.8 Å². The van der Waals surface area contributed by atoms with E-state index in [9.17, 15) is 0 Å². The molecule has 1 atom stereocenters. The van der Waals surface area contributed by atoms with E-state index in [0.717, 1.165) is 19.4 Å². The van der Waals surface area contributed by atoms with Crippen molar-refractivity contribution in [2.45, 2.75) is 38.8 Å². The molecule has 15 heavy (non-hydrogen) atoms. The predicted octanol–water partition coefficient (Wildman–Crippen LogP) is 3.04. The molecule has 2 nitrogen and oxygen atoms in total. The van der Waals surface area contributed by atoms with Crippen LogP contribution in [0, 0.1) is 0 Å². The summed E-state index contributed by atoms with van der Waals surface area (Å²) < 4.78 is 2.25. The zero-order valence-electron chi connectivity index (χ0n) is 9.78. The van der Waals surface area contributed by atoms with Crippen molar-refractivity contribution in [3.8, 4) is 0 Å². The van der Waals surface area contributed by atoms with Gasteiger partial charge >= 0.3 is 0 Å². The van der Waals surface area contributed by atoms with Gasteiger partial charge in [0, 0.05) is 25.0 Å². The van der Waals surface area contributed by atoms with Crippen molar-refractivity contribution in [2.24, 2.45) is 5.73 Å². The van der Waals surface area contributed by atoms with Crippen LogP contribution in [0.2, 0.25) is 0 Å². The first-order valence-corrected chi connectivity index (χ1v) is 7.07. The van der Waals surface area contributed by atoms with Crippen LogP contribution in [0.5, 0.6) is 0 Å². The Morgan fingerprint density at radius 2 is 2.33 bits per heavy atom. The Bertz CT molecular complexity index is 270. The van der Waals surface area contributed by atoms with E-state index in [1.807, 2.05) is 11.8 Å². The minimum Gasteiger partial charge on any atom is -0.354 e. The molecule has 0 aliphatic rings. The molecular weight excluding hydrogens is 204 g/mol. The Balaban J connectivity index is 2.41. The molecule has 3 heteroatoms. The van der Waals surface area contributed by atoms with Crippen molar-refractivity contribution < 1.29 is 0 Å². The second-order valence-electron chi connectivity index (χ2n) is 3.92. The third-order valence-corrected chi connectivity index (χ3v) is 3.26. The summed E-state index contributed by atoms with van der Waals surface area (Å²) in [5, 5.41) is 0. The first-order valence-electron chi connectivity index (χ1n) is 5.68. The van der Waals surface area contributed by atoms with Gasteiger partial charge < -0.3 is 10.3 Å². The van der Waals surface area contributed by atoms with Crippen molar-refractivity contribution in [3.05, 3.63) is 24.0 Å². The summed E-state index contributed by atoms with van der Waals surface area (Å²) in [7, 11) is 0. The van der Waals surface area contributed by atoms with E-state index in [1.54, 1.807) is 0 Å². The van der Waals surface area contributed by atoms with Gasteiger partial charge in [-0.25, -0.2) is 0 Å². The highest BCUT2D eigenvalue weighted by Crippen LogP contribution is 2.16. The minimum atomic E-state index is 0.219. The van der Waals surface area contributed by atoms with Gasteiger partial charge in [0.05, 0.1) is 0 Å². The molecule has 0 amide bonds. The highest BCUT2D eigenvalue weighted by atomic mass is 32.2. The molecule has 1 aromatic rings. The van der Waals surface area contributed by atoms with Crippen LogP contribution >= 0.6 is 11.8 Å². The smallest absolute Gasteiger partial charge is 0.0309 e. The maximum atomic E-state index is 6.06. The summed E-state index contributed by atoms with van der Waals surface area (Å²) in [6, 6.07) is 2.37. The van der Waals surface area contributed by atoms with E-state index < -0.39 is 0 Å². The lowest BCUT2D eigenvalue weighted by molar-refractivity contribution is 0.630. The number of thioether (sulfide) groups is 1. The molecule has 0 saturated heterocycles. The van der Waals surface area contributed by atoms with Crippen LogP contribution in [0.15, 0.2) is 18.5 Å². The van der Waals surface area contributed by atoms with E-state index in [-0.39, 0.29) is 6.04 Å². The van der Waals surface area contributed by atoms with Crippen molar-refractivity contribution in [2.75, 3.05) is 12.0 Å². The number of nitrogens with two attached hydrogens (primary N) is 1. The number of rotatable bonds is 7. The van der Waals surface area contributed by atoms with Crippen LogP contribution in [-0.2, 0) is 6.54 Å². The van der Waals surface area contributed by atoms with E-state index in [2.05, 4.69) is 36.2 Å². The largest absolute Gasteiger partial charge is 0.354 e. The molecule has 0 saturated carbocycles. The number of hydrogen-bond acceptors (Lipinski definition) is 2. The normalized spacial score (nSPS) is 13.0. The second kappa shape index (κ2) is 6.96. The molecule has 1 aromatic heterocycles. The molecule has 1 rings (SSSR count). The molecule has 0 radical (unpaired) electrons. The summed E-state index contributed by atoms with van der Waals surface area (Å²) in [6.07, 6.45) is 9.95. The van der Waals surface area contributed by atoms with Crippen LogP contribution in [0.25, 0.3) is 0 Å². The average Bonchev–Trinajstić information content (AvgIpc) is 2.67. The van der Waals surface area contributed by atoms with Gasteiger partial charge in [0.1, 0.15) is 0 Å². The van der Waals surface area contributed by atoms with E-state index in [0.29, 0.717) is 0 Å². The Kier molecular flexibility index (Phi) is 5.88. The van der Waals surface area contributed by atoms with Crippen LogP contribution in [0.1, 0.15) is 37.8 Å². The average molecular weight is 226 g/mol. The van der Waals surface area contributed by atoms with Crippen LogP contribution in [0.3, 0.4) is 0 Å². The maximum absolute atomic E-state index is 6.06. The summed E-state index contributed by atoms with van der Waals surface area (Å²) in [4.78, 5) is 0. The Morgan fingerprint density at radius 3 is 3.00 bits per heavy atom. The van der Waals surface area contributed by atoms with E-state index in [4.69, 9.17) is 5.73 Å². The molecule has 0 aliphatic carbocycles. The van der Waals surface area contributed by atoms with Gasteiger partial charge in [-0.3, -0.25) is 0 Å². The van der Waals surface area contributed by atoms with Crippen molar-refractivity contribution in [3.63, 3.8) is 0 Å². The third kappa shape index (κ3) is 4.31. The second-order valence-corrected chi connectivity index (χ2v) is 4.91. The van der Waals surface area contributed by atoms with Gasteiger partial charge in [-0.15, -0.1) is 0 Å². The Morgan fingerprint density at radius 1 is 1.53 bits per heavy atom. The summed E-state index contributed by atoms with van der Waals surface area (Å²) >= 11 is 1.90. The van der Waals surface area contributed by atoms with Crippen molar-refractivity contribution in [1.82, 2.24) is 4.57 Å². The maximum Gasteiger partial charge on any atom is 0.0309 e. The number of aryl methyl sites for hydroxylation is 1. The molecule has 0 aliphatic heterocycles. The number of aromatic nitrogens is 1. The lowest BCUT2D eigenvalue weighted by Crippen LogP contribution is -2.08. The molecule has 0 fully saturated rings. The monoisotopic (exact) mass is 226 g/mol. The molecule has 0 bridgehead atoms.